The minimum absolute atomic E-state index is 0.0529. The number of para-hydroxylation sites is 1. The first-order valence-corrected chi connectivity index (χ1v) is 11.6. The molecule has 0 radical (unpaired) electrons. The van der Waals surface area contributed by atoms with Crippen molar-refractivity contribution in [2.45, 2.75) is 25.7 Å². The van der Waals surface area contributed by atoms with Gasteiger partial charge in [-0.05, 0) is 42.7 Å². The molecule has 1 heterocycles. The first-order chi connectivity index (χ1) is 15.9. The van der Waals surface area contributed by atoms with E-state index in [0.717, 1.165) is 17.7 Å². The Morgan fingerprint density at radius 3 is 2.55 bits per heavy atom. The number of carbonyl (C=O) groups is 3. The molecule has 1 N–H and O–H groups in total. The van der Waals surface area contributed by atoms with Gasteiger partial charge in [-0.1, -0.05) is 60.7 Å². The van der Waals surface area contributed by atoms with Gasteiger partial charge in [-0.15, -0.1) is 0 Å². The molecule has 0 spiro atoms. The third-order valence-electron chi connectivity index (χ3n) is 4.99. The lowest BCUT2D eigenvalue weighted by atomic mass is 10.1. The summed E-state index contributed by atoms with van der Waals surface area (Å²) in [6.45, 7) is 0.486. The summed E-state index contributed by atoms with van der Waals surface area (Å²) in [6, 6.07) is 13.5. The molecule has 2 aromatic carbocycles. The Labute approximate surface area is 201 Å². The van der Waals surface area contributed by atoms with Crippen LogP contribution in [0.5, 0.6) is 5.75 Å². The topological polar surface area (TPSA) is 98.8 Å². The van der Waals surface area contributed by atoms with Crippen molar-refractivity contribution in [2.24, 2.45) is 0 Å². The van der Waals surface area contributed by atoms with Crippen LogP contribution in [0.2, 0.25) is 0 Å². The van der Waals surface area contributed by atoms with Crippen LogP contribution in [0.1, 0.15) is 41.6 Å². The predicted octanol–water partition coefficient (Wildman–Crippen LogP) is 3.46. The summed E-state index contributed by atoms with van der Waals surface area (Å²) >= 11 is 6.65. The zero-order valence-corrected chi connectivity index (χ0v) is 19.7. The van der Waals surface area contributed by atoms with E-state index in [1.165, 1.54) is 23.9 Å². The van der Waals surface area contributed by atoms with E-state index in [1.807, 2.05) is 30.3 Å². The van der Waals surface area contributed by atoms with Crippen LogP contribution in [-0.4, -0.2) is 40.7 Å². The monoisotopic (exact) mass is 483 g/mol. The lowest BCUT2D eigenvalue weighted by Crippen LogP contribution is -2.29. The Morgan fingerprint density at radius 2 is 1.85 bits per heavy atom. The van der Waals surface area contributed by atoms with Crippen LogP contribution in [0.4, 0.5) is 5.69 Å². The lowest BCUT2D eigenvalue weighted by molar-refractivity contribution is -0.254. The number of amides is 2. The van der Waals surface area contributed by atoms with Gasteiger partial charge >= 0.3 is 0 Å². The number of carboxylic acids is 1. The highest BCUT2D eigenvalue weighted by Crippen LogP contribution is 2.33. The predicted molar refractivity (Wildman–Crippen MR) is 131 cm³/mol. The second-order valence-corrected chi connectivity index (χ2v) is 8.97. The molecule has 3 rings (SSSR count). The van der Waals surface area contributed by atoms with Crippen molar-refractivity contribution in [2.75, 3.05) is 19.0 Å². The average Bonchev–Trinajstić information content (AvgIpc) is 3.06. The van der Waals surface area contributed by atoms with Crippen LogP contribution in [-0.2, 0) is 9.59 Å². The van der Waals surface area contributed by atoms with E-state index in [-0.39, 0.29) is 29.5 Å². The Bertz CT molecular complexity index is 1080. The van der Waals surface area contributed by atoms with Crippen LogP contribution in [0, 0.1) is 0 Å². The molecule has 0 saturated carbocycles. The molecule has 7 nitrogen and oxygen atoms in total. The first kappa shape index (κ1) is 24.5. The minimum atomic E-state index is -1.34. The number of hydrogen-bond donors (Lipinski definition) is 1. The highest BCUT2D eigenvalue weighted by molar-refractivity contribution is 8.26. The van der Waals surface area contributed by atoms with Gasteiger partial charge in [0.1, 0.15) is 10.1 Å². The molecule has 0 bridgehead atoms. The van der Waals surface area contributed by atoms with Gasteiger partial charge in [-0.2, -0.15) is 0 Å². The van der Waals surface area contributed by atoms with E-state index < -0.39 is 5.97 Å². The van der Waals surface area contributed by atoms with Crippen molar-refractivity contribution in [1.82, 2.24) is 4.90 Å². The summed E-state index contributed by atoms with van der Waals surface area (Å²) in [7, 11) is 1.60. The standard InChI is InChI=1S/C24H24N2O5S2/c1-31-17-12-10-16(11-13-17)15-20-22(28)26(24(32)33-20)14-6-2-3-9-21(27)25-19-8-5-4-7-18(19)23(29)30/h4-5,7-8,10-13,15H,2-3,6,9,14H2,1H3,(H,25,27)(H,29,30)/p-1/b20-15+. The number of aromatic carboxylic acids is 1. The van der Waals surface area contributed by atoms with E-state index >= 15 is 0 Å². The van der Waals surface area contributed by atoms with Gasteiger partial charge in [-0.25, -0.2) is 0 Å². The molecule has 9 heteroatoms. The van der Waals surface area contributed by atoms with Crippen molar-refractivity contribution < 1.29 is 24.2 Å². The number of rotatable bonds is 10. The quantitative estimate of drug-likeness (QED) is 0.314. The summed E-state index contributed by atoms with van der Waals surface area (Å²) in [4.78, 5) is 38.1. The number of nitrogens with one attached hydrogen (secondary N) is 1. The fourth-order valence-electron chi connectivity index (χ4n) is 3.26. The number of unbranched alkanes of at least 4 members (excludes halogenated alkanes) is 2. The molecule has 33 heavy (non-hydrogen) atoms. The molecule has 0 aliphatic carbocycles. The summed E-state index contributed by atoms with van der Waals surface area (Å²) in [5, 5.41) is 13.7. The molecule has 0 unspecified atom stereocenters. The fraction of sp³-hybridized carbons (Fsp3) is 0.250. The Morgan fingerprint density at radius 1 is 1.12 bits per heavy atom. The summed E-state index contributed by atoms with van der Waals surface area (Å²) < 4.78 is 5.67. The molecular weight excluding hydrogens is 460 g/mol. The molecule has 1 aliphatic heterocycles. The maximum Gasteiger partial charge on any atom is 0.266 e. The van der Waals surface area contributed by atoms with E-state index in [1.54, 1.807) is 24.1 Å². The van der Waals surface area contributed by atoms with Crippen molar-refractivity contribution in [3.8, 4) is 5.75 Å². The van der Waals surface area contributed by atoms with Crippen molar-refractivity contribution in [1.29, 1.82) is 0 Å². The molecule has 1 fully saturated rings. The van der Waals surface area contributed by atoms with Gasteiger partial charge in [0.05, 0.1) is 18.0 Å². The number of ether oxygens (including phenoxy) is 1. The van der Waals surface area contributed by atoms with E-state index in [2.05, 4.69) is 5.32 Å². The number of benzene rings is 2. The maximum atomic E-state index is 12.7. The van der Waals surface area contributed by atoms with Crippen LogP contribution in [0.25, 0.3) is 6.08 Å². The number of carbonyl (C=O) groups excluding carboxylic acids is 3. The zero-order valence-electron chi connectivity index (χ0n) is 18.0. The number of hydrogen-bond acceptors (Lipinski definition) is 7. The molecule has 2 aromatic rings. The molecule has 0 aromatic heterocycles. The van der Waals surface area contributed by atoms with Gasteiger partial charge in [0.15, 0.2) is 0 Å². The first-order valence-electron chi connectivity index (χ1n) is 10.4. The molecule has 172 valence electrons. The number of methoxy groups -OCH3 is 1. The minimum Gasteiger partial charge on any atom is -0.545 e. The highest BCUT2D eigenvalue weighted by Gasteiger charge is 2.31. The van der Waals surface area contributed by atoms with Crippen LogP contribution in [0.3, 0.4) is 0 Å². The Balaban J connectivity index is 1.43. The average molecular weight is 484 g/mol. The summed E-state index contributed by atoms with van der Waals surface area (Å²) in [6.07, 6.45) is 4.09. The Hall–Kier alpha value is -3.17. The third-order valence-corrected chi connectivity index (χ3v) is 6.37. The van der Waals surface area contributed by atoms with Crippen LogP contribution in [0.15, 0.2) is 53.4 Å². The van der Waals surface area contributed by atoms with E-state index in [4.69, 9.17) is 17.0 Å². The van der Waals surface area contributed by atoms with Crippen molar-refractivity contribution in [3.63, 3.8) is 0 Å². The normalized spacial score (nSPS) is 14.6. The SMILES string of the molecule is COc1ccc(/C=C2/SC(=S)N(CCCCCC(=O)Nc3ccccc3C(=O)[O-])C2=O)cc1. The Kier molecular flexibility index (Phi) is 8.62. The third kappa shape index (κ3) is 6.66. The lowest BCUT2D eigenvalue weighted by Gasteiger charge is -2.14. The number of thioether (sulfide) groups is 1. The number of thiocarbonyl (C=S) groups is 1. The maximum absolute atomic E-state index is 12.7. The highest BCUT2D eigenvalue weighted by atomic mass is 32.2. The second-order valence-electron chi connectivity index (χ2n) is 7.30. The van der Waals surface area contributed by atoms with Gasteiger partial charge in [0.2, 0.25) is 5.91 Å². The van der Waals surface area contributed by atoms with Crippen molar-refractivity contribution in [3.05, 3.63) is 64.6 Å². The van der Waals surface area contributed by atoms with Crippen molar-refractivity contribution >= 4 is 57.8 Å². The number of anilines is 1. The largest absolute Gasteiger partial charge is 0.545 e. The van der Waals surface area contributed by atoms with E-state index in [9.17, 15) is 19.5 Å². The van der Waals surface area contributed by atoms with Crippen LogP contribution < -0.4 is 15.2 Å². The zero-order chi connectivity index (χ0) is 23.8. The van der Waals surface area contributed by atoms with Crippen LogP contribution >= 0.6 is 24.0 Å². The number of nitrogens with zero attached hydrogens (tertiary/aromatic N) is 1. The smallest absolute Gasteiger partial charge is 0.266 e. The van der Waals surface area contributed by atoms with Gasteiger partial charge in [0, 0.05) is 24.2 Å². The van der Waals surface area contributed by atoms with Gasteiger partial charge in [-0.3, -0.25) is 14.5 Å². The second kappa shape index (κ2) is 11.6. The van der Waals surface area contributed by atoms with E-state index in [0.29, 0.717) is 28.6 Å². The molecule has 2 amide bonds. The molecule has 1 aliphatic rings. The fourth-order valence-corrected chi connectivity index (χ4v) is 4.57. The summed E-state index contributed by atoms with van der Waals surface area (Å²) in [5.74, 6) is -0.971. The number of carboxylic acid groups (broad SMARTS) is 1. The summed E-state index contributed by atoms with van der Waals surface area (Å²) in [5.41, 5.74) is 1.06. The molecule has 1 saturated heterocycles. The molecular formula is C24H23N2O5S2-. The van der Waals surface area contributed by atoms with Gasteiger partial charge in [0.25, 0.3) is 5.91 Å². The van der Waals surface area contributed by atoms with Gasteiger partial charge < -0.3 is 20.0 Å². The molecule has 0 atom stereocenters.